The third kappa shape index (κ3) is 9.65. The van der Waals surface area contributed by atoms with Crippen LogP contribution in [0.25, 0.3) is 0 Å². The van der Waals surface area contributed by atoms with E-state index in [1.165, 1.54) is 12.2 Å². The predicted molar refractivity (Wildman–Crippen MR) is 84.6 cm³/mol. The Morgan fingerprint density at radius 1 is 1.24 bits per heavy atom. The van der Waals surface area contributed by atoms with Crippen molar-refractivity contribution in [3.8, 4) is 0 Å². The highest BCUT2D eigenvalue weighted by molar-refractivity contribution is 8.00. The third-order valence-corrected chi connectivity index (χ3v) is 4.26. The lowest BCUT2D eigenvalue weighted by molar-refractivity contribution is 0.709. The SMILES string of the molecule is CCNC(=NCC(C)(C)SC)NCCCSC. The lowest BCUT2D eigenvalue weighted by Gasteiger charge is -2.20. The number of aliphatic imine (C=N–C) groups is 1. The second-order valence-corrected chi connectivity index (χ2v) is 6.93. The highest BCUT2D eigenvalue weighted by Gasteiger charge is 2.15. The molecular weight excluding hydrogens is 250 g/mol. The van der Waals surface area contributed by atoms with Gasteiger partial charge in [0.05, 0.1) is 6.54 Å². The fraction of sp³-hybridized carbons (Fsp3) is 0.917. The summed E-state index contributed by atoms with van der Waals surface area (Å²) in [5.74, 6) is 2.14. The van der Waals surface area contributed by atoms with Gasteiger partial charge in [-0.2, -0.15) is 23.5 Å². The average Bonchev–Trinajstić information content (AvgIpc) is 2.31. The number of nitrogens with zero attached hydrogens (tertiary/aromatic N) is 1. The lowest BCUT2D eigenvalue weighted by Crippen LogP contribution is -2.39. The molecule has 0 spiro atoms. The minimum absolute atomic E-state index is 0.210. The summed E-state index contributed by atoms with van der Waals surface area (Å²) in [4.78, 5) is 4.62. The second kappa shape index (κ2) is 9.95. The summed E-state index contributed by atoms with van der Waals surface area (Å²) in [6.45, 7) is 9.28. The number of hydrogen-bond acceptors (Lipinski definition) is 3. The van der Waals surface area contributed by atoms with Crippen molar-refractivity contribution in [1.29, 1.82) is 0 Å². The summed E-state index contributed by atoms with van der Waals surface area (Å²) < 4.78 is 0.210. The molecule has 0 heterocycles. The maximum Gasteiger partial charge on any atom is 0.191 e. The van der Waals surface area contributed by atoms with Gasteiger partial charge in [-0.3, -0.25) is 4.99 Å². The van der Waals surface area contributed by atoms with E-state index in [0.29, 0.717) is 0 Å². The van der Waals surface area contributed by atoms with Gasteiger partial charge in [0.1, 0.15) is 0 Å². The first-order valence-corrected chi connectivity index (χ1v) is 8.74. The first-order chi connectivity index (χ1) is 8.05. The highest BCUT2D eigenvalue weighted by Crippen LogP contribution is 2.20. The molecule has 0 aromatic carbocycles. The molecule has 0 fully saturated rings. The molecule has 102 valence electrons. The van der Waals surface area contributed by atoms with Gasteiger partial charge in [0.15, 0.2) is 5.96 Å². The van der Waals surface area contributed by atoms with Crippen molar-refractivity contribution in [3.63, 3.8) is 0 Å². The quantitative estimate of drug-likeness (QED) is 0.406. The number of hydrogen-bond donors (Lipinski definition) is 2. The van der Waals surface area contributed by atoms with Crippen LogP contribution >= 0.6 is 23.5 Å². The van der Waals surface area contributed by atoms with Crippen LogP contribution in [0.2, 0.25) is 0 Å². The molecule has 0 rings (SSSR count). The molecule has 0 atom stereocenters. The van der Waals surface area contributed by atoms with E-state index >= 15 is 0 Å². The predicted octanol–water partition coefficient (Wildman–Crippen LogP) is 2.44. The topological polar surface area (TPSA) is 36.4 Å². The Hall–Kier alpha value is -0.0300. The van der Waals surface area contributed by atoms with E-state index < -0.39 is 0 Å². The largest absolute Gasteiger partial charge is 0.357 e. The summed E-state index contributed by atoms with van der Waals surface area (Å²) in [6.07, 6.45) is 5.45. The molecule has 5 heteroatoms. The van der Waals surface area contributed by atoms with Crippen LogP contribution < -0.4 is 10.6 Å². The van der Waals surface area contributed by atoms with Gasteiger partial charge < -0.3 is 10.6 Å². The number of nitrogens with one attached hydrogen (secondary N) is 2. The Morgan fingerprint density at radius 2 is 1.94 bits per heavy atom. The van der Waals surface area contributed by atoms with Gasteiger partial charge in [0.25, 0.3) is 0 Å². The normalized spacial score (nSPS) is 12.6. The van der Waals surface area contributed by atoms with Crippen molar-refractivity contribution in [2.45, 2.75) is 31.9 Å². The Kier molecular flexibility index (Phi) is 9.93. The van der Waals surface area contributed by atoms with Crippen molar-refractivity contribution >= 4 is 29.5 Å². The van der Waals surface area contributed by atoms with Gasteiger partial charge in [-0.25, -0.2) is 0 Å². The molecule has 0 aliphatic heterocycles. The zero-order chi connectivity index (χ0) is 13.1. The molecule has 0 aliphatic rings. The molecule has 0 bridgehead atoms. The summed E-state index contributed by atoms with van der Waals surface area (Å²) in [5.41, 5.74) is 0. The van der Waals surface area contributed by atoms with Crippen molar-refractivity contribution < 1.29 is 0 Å². The molecule has 0 radical (unpaired) electrons. The zero-order valence-electron chi connectivity index (χ0n) is 11.8. The van der Waals surface area contributed by atoms with Crippen molar-refractivity contribution in [2.75, 3.05) is 37.9 Å². The maximum atomic E-state index is 4.62. The zero-order valence-corrected chi connectivity index (χ0v) is 13.4. The molecule has 0 unspecified atom stereocenters. The van der Waals surface area contributed by atoms with E-state index in [1.54, 1.807) is 0 Å². The maximum absolute atomic E-state index is 4.62. The molecule has 3 nitrogen and oxygen atoms in total. The molecule has 0 amide bonds. The van der Waals surface area contributed by atoms with Crippen LogP contribution in [0.5, 0.6) is 0 Å². The van der Waals surface area contributed by atoms with Gasteiger partial charge in [-0.05, 0) is 45.5 Å². The van der Waals surface area contributed by atoms with Crippen molar-refractivity contribution in [3.05, 3.63) is 0 Å². The molecular formula is C12H27N3S2. The monoisotopic (exact) mass is 277 g/mol. The fourth-order valence-corrected chi connectivity index (χ4v) is 1.73. The van der Waals surface area contributed by atoms with E-state index in [2.05, 4.69) is 48.9 Å². The van der Waals surface area contributed by atoms with E-state index in [4.69, 9.17) is 0 Å². The van der Waals surface area contributed by atoms with Gasteiger partial charge in [0, 0.05) is 17.8 Å². The van der Waals surface area contributed by atoms with E-state index in [1.807, 2.05) is 23.5 Å². The molecule has 2 N–H and O–H groups in total. The van der Waals surface area contributed by atoms with Crippen LogP contribution in [0, 0.1) is 0 Å². The molecule has 0 aromatic heterocycles. The smallest absolute Gasteiger partial charge is 0.191 e. The van der Waals surface area contributed by atoms with Crippen LogP contribution in [-0.4, -0.2) is 48.6 Å². The number of rotatable bonds is 8. The van der Waals surface area contributed by atoms with Crippen molar-refractivity contribution in [1.82, 2.24) is 10.6 Å². The van der Waals surface area contributed by atoms with Gasteiger partial charge in [0.2, 0.25) is 0 Å². The highest BCUT2D eigenvalue weighted by atomic mass is 32.2. The van der Waals surface area contributed by atoms with Crippen molar-refractivity contribution in [2.24, 2.45) is 4.99 Å². The second-order valence-electron chi connectivity index (χ2n) is 4.43. The minimum Gasteiger partial charge on any atom is -0.357 e. The Labute approximate surface area is 115 Å². The van der Waals surface area contributed by atoms with Crippen LogP contribution in [-0.2, 0) is 0 Å². The number of thioether (sulfide) groups is 2. The van der Waals surface area contributed by atoms with Crippen LogP contribution in [0.3, 0.4) is 0 Å². The van der Waals surface area contributed by atoms with Crippen LogP contribution in [0.15, 0.2) is 4.99 Å². The minimum atomic E-state index is 0.210. The summed E-state index contributed by atoms with van der Waals surface area (Å²) >= 11 is 3.74. The first-order valence-electron chi connectivity index (χ1n) is 6.12. The summed E-state index contributed by atoms with van der Waals surface area (Å²) in [7, 11) is 0. The lowest BCUT2D eigenvalue weighted by atomic mass is 10.2. The molecule has 0 aliphatic carbocycles. The molecule has 0 saturated carbocycles. The van der Waals surface area contributed by atoms with Gasteiger partial charge in [-0.1, -0.05) is 0 Å². The first kappa shape index (κ1) is 17.0. The standard InChI is InChI=1S/C12H27N3S2/c1-6-13-11(14-8-7-9-16-4)15-10-12(2,3)17-5/h6-10H2,1-5H3,(H2,13,14,15). The van der Waals surface area contributed by atoms with Crippen LogP contribution in [0.1, 0.15) is 27.2 Å². The summed E-state index contributed by atoms with van der Waals surface area (Å²) in [6, 6.07) is 0. The Morgan fingerprint density at radius 3 is 2.47 bits per heavy atom. The molecule has 0 aromatic rings. The van der Waals surface area contributed by atoms with Gasteiger partial charge in [-0.15, -0.1) is 0 Å². The van der Waals surface area contributed by atoms with Gasteiger partial charge >= 0.3 is 0 Å². The van der Waals surface area contributed by atoms with E-state index in [-0.39, 0.29) is 4.75 Å². The fourth-order valence-electron chi connectivity index (χ4n) is 1.10. The Balaban J connectivity index is 4.07. The Bertz CT molecular complexity index is 218. The average molecular weight is 278 g/mol. The van der Waals surface area contributed by atoms with Crippen LogP contribution in [0.4, 0.5) is 0 Å². The molecule has 0 saturated heterocycles. The molecule has 17 heavy (non-hydrogen) atoms. The van der Waals surface area contributed by atoms with E-state index in [0.717, 1.165) is 25.6 Å². The third-order valence-electron chi connectivity index (χ3n) is 2.33. The number of guanidine groups is 1. The summed E-state index contributed by atoms with van der Waals surface area (Å²) in [5, 5.41) is 6.65. The van der Waals surface area contributed by atoms with E-state index in [9.17, 15) is 0 Å².